The average Bonchev–Trinajstić information content (AvgIpc) is 2.83. The van der Waals surface area contributed by atoms with Gasteiger partial charge in [-0.3, -0.25) is 0 Å². The Hall–Kier alpha value is -1.24. The van der Waals surface area contributed by atoms with Crippen molar-refractivity contribution in [3.8, 4) is 11.5 Å². The summed E-state index contributed by atoms with van der Waals surface area (Å²) in [6.07, 6.45) is 0. The normalized spacial score (nSPS) is 14.4. The summed E-state index contributed by atoms with van der Waals surface area (Å²) in [4.78, 5) is 4.34. The molecule has 0 saturated carbocycles. The first-order valence-electron chi connectivity index (χ1n) is 5.82. The van der Waals surface area contributed by atoms with E-state index in [2.05, 4.69) is 26.1 Å². The van der Waals surface area contributed by atoms with Gasteiger partial charge in [0, 0.05) is 17.1 Å². The van der Waals surface area contributed by atoms with Crippen molar-refractivity contribution in [2.75, 3.05) is 13.7 Å². The Labute approximate surface area is 120 Å². The van der Waals surface area contributed by atoms with Crippen LogP contribution in [0, 0.1) is 6.92 Å². The van der Waals surface area contributed by atoms with Gasteiger partial charge in [-0.15, -0.1) is 0 Å². The number of hydrogen-bond acceptors (Lipinski definition) is 5. The summed E-state index contributed by atoms with van der Waals surface area (Å²) in [7, 11) is 1.59. The topological polar surface area (TPSA) is 74.2 Å². The van der Waals surface area contributed by atoms with Gasteiger partial charge in [0.1, 0.15) is 5.54 Å². The molecule has 1 aromatic heterocycles. The van der Waals surface area contributed by atoms with Crippen molar-refractivity contribution in [2.24, 2.45) is 5.73 Å². The van der Waals surface area contributed by atoms with Crippen molar-refractivity contribution in [2.45, 2.75) is 19.4 Å². The van der Waals surface area contributed by atoms with Crippen LogP contribution in [0.3, 0.4) is 0 Å². The van der Waals surface area contributed by atoms with Crippen LogP contribution in [-0.4, -0.2) is 23.9 Å². The minimum Gasteiger partial charge on any atom is -0.382 e. The second kappa shape index (κ2) is 5.40. The van der Waals surface area contributed by atoms with Crippen LogP contribution >= 0.6 is 15.9 Å². The SMILES string of the molecule is COCC(C)(N)c1noc(-c2ccc(C)c(Br)c2)n1. The van der Waals surface area contributed by atoms with Gasteiger partial charge in [-0.1, -0.05) is 27.2 Å². The van der Waals surface area contributed by atoms with Gasteiger partial charge in [0.25, 0.3) is 5.89 Å². The van der Waals surface area contributed by atoms with E-state index in [0.717, 1.165) is 15.6 Å². The van der Waals surface area contributed by atoms with Gasteiger partial charge in [0.15, 0.2) is 5.82 Å². The molecule has 6 heteroatoms. The van der Waals surface area contributed by atoms with Crippen LogP contribution in [0.1, 0.15) is 18.3 Å². The van der Waals surface area contributed by atoms with E-state index in [4.69, 9.17) is 15.0 Å². The van der Waals surface area contributed by atoms with Crippen LogP contribution in [-0.2, 0) is 10.3 Å². The Morgan fingerprint density at radius 1 is 1.47 bits per heavy atom. The van der Waals surface area contributed by atoms with Gasteiger partial charge in [-0.2, -0.15) is 4.98 Å². The third-order valence-electron chi connectivity index (χ3n) is 2.80. The lowest BCUT2D eigenvalue weighted by atomic mass is 10.1. The second-order valence-electron chi connectivity index (χ2n) is 4.74. The minimum absolute atomic E-state index is 0.323. The summed E-state index contributed by atoms with van der Waals surface area (Å²) in [6.45, 7) is 4.14. The number of aryl methyl sites for hydroxylation is 1. The van der Waals surface area contributed by atoms with Gasteiger partial charge < -0.3 is 15.0 Å². The van der Waals surface area contributed by atoms with Crippen LogP contribution in [0.4, 0.5) is 0 Å². The average molecular weight is 326 g/mol. The monoisotopic (exact) mass is 325 g/mol. The number of halogens is 1. The number of ether oxygens (including phenoxy) is 1. The predicted octanol–water partition coefficient (Wildman–Crippen LogP) is 2.63. The summed E-state index contributed by atoms with van der Waals surface area (Å²) < 4.78 is 11.3. The lowest BCUT2D eigenvalue weighted by Gasteiger charge is -2.18. The molecule has 1 heterocycles. The van der Waals surface area contributed by atoms with Crippen LogP contribution in [0.15, 0.2) is 27.2 Å². The zero-order valence-electron chi connectivity index (χ0n) is 11.1. The maximum Gasteiger partial charge on any atom is 0.258 e. The van der Waals surface area contributed by atoms with Crippen molar-refractivity contribution < 1.29 is 9.26 Å². The standard InChI is InChI=1S/C13H16BrN3O2/c1-8-4-5-9(6-10(8)14)11-16-12(17-19-11)13(2,15)7-18-3/h4-6H,7,15H2,1-3H3. The zero-order chi connectivity index (χ0) is 14.0. The van der Waals surface area contributed by atoms with Gasteiger partial charge in [-0.25, -0.2) is 0 Å². The van der Waals surface area contributed by atoms with Crippen molar-refractivity contribution in [1.82, 2.24) is 10.1 Å². The maximum absolute atomic E-state index is 6.07. The number of benzene rings is 1. The first kappa shape index (κ1) is 14.2. The summed E-state index contributed by atoms with van der Waals surface area (Å²) in [5, 5.41) is 3.93. The zero-order valence-corrected chi connectivity index (χ0v) is 12.7. The fraction of sp³-hybridized carbons (Fsp3) is 0.385. The smallest absolute Gasteiger partial charge is 0.258 e. The van der Waals surface area contributed by atoms with E-state index in [1.165, 1.54) is 0 Å². The quantitative estimate of drug-likeness (QED) is 0.935. The molecular formula is C13H16BrN3O2. The number of nitrogens with zero attached hydrogens (tertiary/aromatic N) is 2. The Balaban J connectivity index is 2.33. The number of nitrogens with two attached hydrogens (primary N) is 1. The van der Waals surface area contributed by atoms with Crippen LogP contribution in [0.25, 0.3) is 11.5 Å². The second-order valence-corrected chi connectivity index (χ2v) is 5.59. The van der Waals surface area contributed by atoms with Crippen molar-refractivity contribution in [1.29, 1.82) is 0 Å². The van der Waals surface area contributed by atoms with Gasteiger partial charge >= 0.3 is 0 Å². The van der Waals surface area contributed by atoms with E-state index in [-0.39, 0.29) is 0 Å². The van der Waals surface area contributed by atoms with Gasteiger partial charge in [0.05, 0.1) is 6.61 Å². The molecule has 1 atom stereocenters. The number of methoxy groups -OCH3 is 1. The fourth-order valence-electron chi connectivity index (χ4n) is 1.66. The molecule has 0 fully saturated rings. The third-order valence-corrected chi connectivity index (χ3v) is 3.65. The Morgan fingerprint density at radius 3 is 2.84 bits per heavy atom. The molecule has 2 rings (SSSR count). The molecule has 2 aromatic rings. The number of aromatic nitrogens is 2. The van der Waals surface area contributed by atoms with Crippen LogP contribution in [0.2, 0.25) is 0 Å². The fourth-order valence-corrected chi connectivity index (χ4v) is 2.04. The Bertz CT molecular complexity index is 581. The molecule has 0 amide bonds. The minimum atomic E-state index is -0.765. The van der Waals surface area contributed by atoms with E-state index in [1.54, 1.807) is 14.0 Å². The highest BCUT2D eigenvalue weighted by atomic mass is 79.9. The number of rotatable bonds is 4. The molecule has 1 unspecified atom stereocenters. The summed E-state index contributed by atoms with van der Waals surface area (Å²) in [6, 6.07) is 5.86. The summed E-state index contributed by atoms with van der Waals surface area (Å²) in [5.74, 6) is 0.879. The molecule has 5 nitrogen and oxygen atoms in total. The summed E-state index contributed by atoms with van der Waals surface area (Å²) >= 11 is 3.48. The van der Waals surface area contributed by atoms with E-state index in [1.807, 2.05) is 25.1 Å². The molecule has 1 aromatic carbocycles. The molecule has 102 valence electrons. The molecule has 0 aliphatic carbocycles. The van der Waals surface area contributed by atoms with E-state index < -0.39 is 5.54 Å². The highest BCUT2D eigenvalue weighted by molar-refractivity contribution is 9.10. The molecule has 0 bridgehead atoms. The van der Waals surface area contributed by atoms with Crippen LogP contribution in [0.5, 0.6) is 0 Å². The number of hydrogen-bond donors (Lipinski definition) is 1. The molecule has 0 radical (unpaired) electrons. The predicted molar refractivity (Wildman–Crippen MR) is 75.6 cm³/mol. The van der Waals surface area contributed by atoms with Crippen LogP contribution < -0.4 is 5.73 Å². The van der Waals surface area contributed by atoms with Gasteiger partial charge in [0.2, 0.25) is 0 Å². The Kier molecular flexibility index (Phi) is 4.03. The van der Waals surface area contributed by atoms with Gasteiger partial charge in [-0.05, 0) is 31.5 Å². The lowest BCUT2D eigenvalue weighted by Crippen LogP contribution is -2.38. The molecular weight excluding hydrogens is 310 g/mol. The van der Waals surface area contributed by atoms with E-state index in [0.29, 0.717) is 18.3 Å². The van der Waals surface area contributed by atoms with Crippen molar-refractivity contribution >= 4 is 15.9 Å². The highest BCUT2D eigenvalue weighted by Crippen LogP contribution is 2.26. The van der Waals surface area contributed by atoms with E-state index in [9.17, 15) is 0 Å². The molecule has 0 aliphatic rings. The third kappa shape index (κ3) is 3.02. The largest absolute Gasteiger partial charge is 0.382 e. The molecule has 0 saturated heterocycles. The Morgan fingerprint density at radius 2 is 2.21 bits per heavy atom. The first-order valence-corrected chi connectivity index (χ1v) is 6.62. The molecule has 0 spiro atoms. The molecule has 0 aliphatic heterocycles. The van der Waals surface area contributed by atoms with Crippen molar-refractivity contribution in [3.63, 3.8) is 0 Å². The highest BCUT2D eigenvalue weighted by Gasteiger charge is 2.27. The van der Waals surface area contributed by atoms with E-state index >= 15 is 0 Å². The molecule has 19 heavy (non-hydrogen) atoms. The lowest BCUT2D eigenvalue weighted by molar-refractivity contribution is 0.135. The summed E-state index contributed by atoms with van der Waals surface area (Å²) in [5.41, 5.74) is 7.31. The maximum atomic E-state index is 6.07. The first-order chi connectivity index (χ1) is 8.94. The van der Waals surface area contributed by atoms with Crippen molar-refractivity contribution in [3.05, 3.63) is 34.1 Å². The molecule has 2 N–H and O–H groups in total.